The molecule has 0 fully saturated rings. The molecule has 2 unspecified atom stereocenters. The highest BCUT2D eigenvalue weighted by Gasteiger charge is 2.20. The number of nitrogens with zero attached hydrogens (tertiary/aromatic N) is 4. The van der Waals surface area contributed by atoms with Crippen LogP contribution >= 0.6 is 23.2 Å². The Hall–Kier alpha value is -4.16. The quantitative estimate of drug-likeness (QED) is 0.153. The molecule has 0 aliphatic rings. The minimum absolute atomic E-state index is 0.211. The molecule has 0 bridgehead atoms. The molecule has 4 aromatic carbocycles. The summed E-state index contributed by atoms with van der Waals surface area (Å²) in [5.41, 5.74) is 3.42. The van der Waals surface area contributed by atoms with E-state index in [0.717, 1.165) is 11.1 Å². The Labute approximate surface area is 213 Å². The summed E-state index contributed by atoms with van der Waals surface area (Å²) in [5.74, 6) is -1.09. The normalized spacial score (nSPS) is 12.9. The van der Waals surface area contributed by atoms with Gasteiger partial charge in [0.25, 0.3) is 0 Å². The highest BCUT2D eigenvalue weighted by Crippen LogP contribution is 2.35. The molecule has 170 valence electrons. The van der Waals surface area contributed by atoms with Crippen LogP contribution in [0.5, 0.6) is 0 Å². The van der Waals surface area contributed by atoms with Crippen LogP contribution in [-0.2, 0) is 0 Å². The molecule has 4 rings (SSSR count). The van der Waals surface area contributed by atoms with Crippen molar-refractivity contribution in [3.8, 4) is 12.1 Å². The molecule has 0 aliphatic carbocycles. The number of azo groups is 1. The monoisotopic (exact) mass is 496 g/mol. The lowest BCUT2D eigenvalue weighted by Crippen LogP contribution is -2.00. The van der Waals surface area contributed by atoms with E-state index in [0.29, 0.717) is 31.7 Å². The summed E-state index contributed by atoms with van der Waals surface area (Å²) in [6, 6.07) is 32.8. The lowest BCUT2D eigenvalue weighted by Gasteiger charge is -2.12. The topological polar surface area (TPSA) is 86.0 Å². The van der Waals surface area contributed by atoms with Crippen molar-refractivity contribution in [2.45, 2.75) is 11.8 Å². The molecule has 0 heterocycles. The van der Waals surface area contributed by atoms with Crippen molar-refractivity contribution < 1.29 is 4.86 Å². The standard InChI is InChI=1S/C28H18Cl2N4O/c29-27-15-21(11-13-23(27)25(17-31)19-7-3-1-4-8-19)33-34(35)22-12-14-24(28(30)16-22)26(18-32)20-9-5-2-6-10-20/h1-16,25-26H. The van der Waals surface area contributed by atoms with Crippen molar-refractivity contribution in [2.24, 2.45) is 5.11 Å². The second-order valence-corrected chi connectivity index (χ2v) is 8.54. The molecule has 0 saturated carbocycles. The molecule has 2 atom stereocenters. The maximum absolute atomic E-state index is 12.7. The van der Waals surface area contributed by atoms with Crippen molar-refractivity contribution in [3.05, 3.63) is 135 Å². The third-order valence-corrected chi connectivity index (χ3v) is 6.20. The van der Waals surface area contributed by atoms with E-state index in [4.69, 9.17) is 23.2 Å². The summed E-state index contributed by atoms with van der Waals surface area (Å²) < 4.78 is 0. The molecular weight excluding hydrogens is 479 g/mol. The van der Waals surface area contributed by atoms with Crippen LogP contribution in [0.25, 0.3) is 0 Å². The van der Waals surface area contributed by atoms with Gasteiger partial charge in [0.2, 0.25) is 5.69 Å². The highest BCUT2D eigenvalue weighted by molar-refractivity contribution is 6.32. The van der Waals surface area contributed by atoms with Crippen LogP contribution in [0, 0.1) is 27.9 Å². The van der Waals surface area contributed by atoms with Crippen LogP contribution in [0.4, 0.5) is 11.4 Å². The van der Waals surface area contributed by atoms with E-state index < -0.39 is 11.8 Å². The van der Waals surface area contributed by atoms with Gasteiger partial charge in [-0.15, -0.1) is 0 Å². The van der Waals surface area contributed by atoms with Crippen molar-refractivity contribution in [1.82, 2.24) is 0 Å². The predicted molar refractivity (Wildman–Crippen MR) is 136 cm³/mol. The number of halogens is 2. The van der Waals surface area contributed by atoms with Crippen LogP contribution in [0.15, 0.2) is 102 Å². The van der Waals surface area contributed by atoms with Crippen molar-refractivity contribution in [1.29, 1.82) is 10.5 Å². The summed E-state index contributed by atoms with van der Waals surface area (Å²) >= 11 is 12.9. The van der Waals surface area contributed by atoms with Crippen LogP contribution in [-0.4, -0.2) is 4.86 Å². The third kappa shape index (κ3) is 5.34. The average Bonchev–Trinajstić information content (AvgIpc) is 2.88. The van der Waals surface area contributed by atoms with E-state index in [-0.39, 0.29) is 5.69 Å². The SMILES string of the molecule is N#CC(c1ccccc1)c1ccc(N=[N+]([O-])c2ccc(C(C#N)c3ccccc3)c(Cl)c2)cc1Cl. The molecule has 0 aromatic heterocycles. The van der Waals surface area contributed by atoms with E-state index in [1.165, 1.54) is 6.07 Å². The molecule has 35 heavy (non-hydrogen) atoms. The fraction of sp³-hybridized carbons (Fsp3) is 0.0714. The molecule has 5 nitrogen and oxygen atoms in total. The van der Waals surface area contributed by atoms with Crippen LogP contribution in [0.3, 0.4) is 0 Å². The van der Waals surface area contributed by atoms with Crippen LogP contribution in [0.2, 0.25) is 10.0 Å². The predicted octanol–water partition coefficient (Wildman–Crippen LogP) is 8.23. The van der Waals surface area contributed by atoms with Crippen LogP contribution < -0.4 is 0 Å². The second kappa shape index (κ2) is 10.8. The zero-order valence-corrected chi connectivity index (χ0v) is 19.9. The zero-order valence-electron chi connectivity index (χ0n) is 18.3. The fourth-order valence-electron chi connectivity index (χ4n) is 3.78. The van der Waals surface area contributed by atoms with Crippen LogP contribution in [0.1, 0.15) is 34.1 Å². The van der Waals surface area contributed by atoms with E-state index >= 15 is 0 Å². The Morgan fingerprint density at radius 3 is 1.63 bits per heavy atom. The van der Waals surface area contributed by atoms with E-state index in [1.807, 2.05) is 60.7 Å². The van der Waals surface area contributed by atoms with Gasteiger partial charge in [-0.3, -0.25) is 0 Å². The minimum atomic E-state index is -0.557. The lowest BCUT2D eigenvalue weighted by atomic mass is 9.92. The van der Waals surface area contributed by atoms with E-state index in [1.54, 1.807) is 30.3 Å². The Morgan fingerprint density at radius 1 is 0.686 bits per heavy atom. The number of hydrogen-bond acceptors (Lipinski definition) is 4. The Balaban J connectivity index is 1.60. The molecule has 4 aromatic rings. The van der Waals surface area contributed by atoms with E-state index in [9.17, 15) is 15.7 Å². The van der Waals surface area contributed by atoms with Gasteiger partial charge in [-0.1, -0.05) is 94.8 Å². The largest absolute Gasteiger partial charge is 0.594 e. The highest BCUT2D eigenvalue weighted by atomic mass is 35.5. The van der Waals surface area contributed by atoms with Gasteiger partial charge in [0.1, 0.15) is 5.69 Å². The van der Waals surface area contributed by atoms with Crippen molar-refractivity contribution >= 4 is 34.6 Å². The smallest absolute Gasteiger partial charge is 0.246 e. The first-order valence-electron chi connectivity index (χ1n) is 10.7. The summed E-state index contributed by atoms with van der Waals surface area (Å²) in [7, 11) is 0. The summed E-state index contributed by atoms with van der Waals surface area (Å²) in [6.07, 6.45) is 0. The lowest BCUT2D eigenvalue weighted by molar-refractivity contribution is -0.435. The van der Waals surface area contributed by atoms with Gasteiger partial charge in [0.05, 0.1) is 29.0 Å². The maximum Gasteiger partial charge on any atom is 0.246 e. The van der Waals surface area contributed by atoms with Crippen molar-refractivity contribution in [2.75, 3.05) is 0 Å². The third-order valence-electron chi connectivity index (χ3n) is 5.54. The van der Waals surface area contributed by atoms with Gasteiger partial charge < -0.3 is 5.21 Å². The molecule has 0 aliphatic heterocycles. The van der Waals surface area contributed by atoms with Gasteiger partial charge in [-0.05, 0) is 40.5 Å². The molecule has 0 spiro atoms. The molecule has 0 radical (unpaired) electrons. The molecule has 7 heteroatoms. The molecule has 0 amide bonds. The van der Waals surface area contributed by atoms with Gasteiger partial charge in [0.15, 0.2) is 0 Å². The molecular formula is C28H18Cl2N4O. The summed E-state index contributed by atoms with van der Waals surface area (Å²) in [5, 5.41) is 36.8. The number of hydrogen-bond donors (Lipinski definition) is 0. The Kier molecular flexibility index (Phi) is 7.43. The number of nitriles is 2. The molecule has 0 saturated heterocycles. The van der Waals surface area contributed by atoms with Gasteiger partial charge in [-0.25, -0.2) is 0 Å². The summed E-state index contributed by atoms with van der Waals surface area (Å²) in [6.45, 7) is 0. The minimum Gasteiger partial charge on any atom is -0.594 e. The van der Waals surface area contributed by atoms with E-state index in [2.05, 4.69) is 17.3 Å². The van der Waals surface area contributed by atoms with Crippen molar-refractivity contribution in [3.63, 3.8) is 0 Å². The first kappa shape index (κ1) is 24.0. The Bertz CT molecular complexity index is 1460. The second-order valence-electron chi connectivity index (χ2n) is 7.73. The maximum atomic E-state index is 12.7. The first-order chi connectivity index (χ1) is 17.0. The summed E-state index contributed by atoms with van der Waals surface area (Å²) in [4.78, 5) is 0.448. The Morgan fingerprint density at radius 2 is 1.17 bits per heavy atom. The number of benzene rings is 4. The molecule has 0 N–H and O–H groups in total. The van der Waals surface area contributed by atoms with Gasteiger partial charge in [-0.2, -0.15) is 10.5 Å². The first-order valence-corrected chi connectivity index (χ1v) is 11.4. The average molecular weight is 497 g/mol. The zero-order chi connectivity index (χ0) is 24.8. The van der Waals surface area contributed by atoms with Gasteiger partial charge >= 0.3 is 0 Å². The fourth-order valence-corrected chi connectivity index (χ4v) is 4.35. The number of rotatable bonds is 6. The van der Waals surface area contributed by atoms with Gasteiger partial charge in [0, 0.05) is 22.3 Å².